The third kappa shape index (κ3) is 7.84. The summed E-state index contributed by atoms with van der Waals surface area (Å²) < 4.78 is 27.1. The number of sulfonamides is 1. The van der Waals surface area contributed by atoms with Gasteiger partial charge in [0, 0.05) is 17.1 Å². The molecule has 0 spiro atoms. The van der Waals surface area contributed by atoms with Crippen LogP contribution in [0.4, 0.5) is 5.69 Å². The summed E-state index contributed by atoms with van der Waals surface area (Å²) >= 11 is 3.34. The molecule has 0 fully saturated rings. The fourth-order valence-corrected chi connectivity index (χ4v) is 4.59. The number of halogens is 1. The van der Waals surface area contributed by atoms with Gasteiger partial charge in [-0.1, -0.05) is 59.6 Å². The fourth-order valence-electron chi connectivity index (χ4n) is 3.47. The summed E-state index contributed by atoms with van der Waals surface area (Å²) in [7, 11) is -3.74. The van der Waals surface area contributed by atoms with Crippen LogP contribution < -0.4 is 9.62 Å². The molecule has 2 aromatic rings. The average molecular weight is 553 g/mol. The van der Waals surface area contributed by atoms with Crippen LogP contribution in [0.25, 0.3) is 0 Å². The second kappa shape index (κ2) is 12.4. The Morgan fingerprint density at radius 1 is 1.00 bits per heavy atom. The highest BCUT2D eigenvalue weighted by Crippen LogP contribution is 2.22. The number of carbonyl (C=O) groups is 2. The Bertz CT molecular complexity index is 1070. The van der Waals surface area contributed by atoms with Gasteiger partial charge >= 0.3 is 0 Å². The van der Waals surface area contributed by atoms with Crippen molar-refractivity contribution < 1.29 is 18.0 Å². The van der Waals surface area contributed by atoms with Gasteiger partial charge in [-0.3, -0.25) is 13.9 Å². The molecular weight excluding hydrogens is 518 g/mol. The first-order chi connectivity index (χ1) is 16.0. The predicted octanol–water partition coefficient (Wildman–Crippen LogP) is 4.25. The van der Waals surface area contributed by atoms with Crippen LogP contribution in [-0.2, 0) is 26.2 Å². The van der Waals surface area contributed by atoms with E-state index in [0.29, 0.717) is 12.1 Å². The third-order valence-corrected chi connectivity index (χ3v) is 7.32. The van der Waals surface area contributed by atoms with Gasteiger partial charge in [-0.2, -0.15) is 0 Å². The minimum Gasteiger partial charge on any atom is -0.352 e. The van der Waals surface area contributed by atoms with Gasteiger partial charge in [0.1, 0.15) is 12.6 Å². The molecule has 0 heterocycles. The summed E-state index contributed by atoms with van der Waals surface area (Å²) in [5.41, 5.74) is 2.33. The largest absolute Gasteiger partial charge is 0.352 e. The van der Waals surface area contributed by atoms with Crippen molar-refractivity contribution in [3.8, 4) is 0 Å². The molecule has 2 amide bonds. The number of carbonyl (C=O) groups excluding carboxylic acids is 2. The van der Waals surface area contributed by atoms with E-state index in [0.717, 1.165) is 32.6 Å². The number of hydrogen-bond donors (Lipinski definition) is 1. The number of amides is 2. The minimum absolute atomic E-state index is 0.0341. The van der Waals surface area contributed by atoms with Crippen LogP contribution in [0.15, 0.2) is 53.0 Å². The van der Waals surface area contributed by atoms with Crippen LogP contribution >= 0.6 is 15.9 Å². The van der Waals surface area contributed by atoms with E-state index >= 15 is 0 Å². The Hall–Kier alpha value is -2.39. The monoisotopic (exact) mass is 551 g/mol. The standard InChI is InChI=1S/C25H34BrN3O4S/c1-6-19(4)27-25(31)23(7-2)28(16-20-10-8-18(3)9-11-20)24(30)17-29(34(5,32)33)22-14-12-21(26)13-15-22/h8-15,19,23H,6-7,16-17H2,1-5H3,(H,27,31). The van der Waals surface area contributed by atoms with Crippen molar-refractivity contribution in [3.63, 3.8) is 0 Å². The number of aryl methyl sites for hydroxylation is 1. The van der Waals surface area contributed by atoms with Crippen LogP contribution in [0.5, 0.6) is 0 Å². The zero-order valence-electron chi connectivity index (χ0n) is 20.4. The van der Waals surface area contributed by atoms with Gasteiger partial charge in [0.05, 0.1) is 11.9 Å². The summed E-state index contributed by atoms with van der Waals surface area (Å²) in [6, 6.07) is 13.7. The van der Waals surface area contributed by atoms with E-state index in [1.165, 1.54) is 4.90 Å². The fraction of sp³-hybridized carbons (Fsp3) is 0.440. The number of anilines is 1. The number of rotatable bonds is 11. The molecular formula is C25H34BrN3O4S. The van der Waals surface area contributed by atoms with Crippen LogP contribution in [-0.4, -0.2) is 50.0 Å². The van der Waals surface area contributed by atoms with E-state index in [9.17, 15) is 18.0 Å². The molecule has 0 bridgehead atoms. The molecule has 0 aliphatic rings. The Morgan fingerprint density at radius 3 is 2.09 bits per heavy atom. The highest BCUT2D eigenvalue weighted by Gasteiger charge is 2.32. The Morgan fingerprint density at radius 2 is 1.59 bits per heavy atom. The maximum Gasteiger partial charge on any atom is 0.244 e. The number of nitrogens with zero attached hydrogens (tertiary/aromatic N) is 2. The molecule has 0 aliphatic heterocycles. The molecule has 34 heavy (non-hydrogen) atoms. The van der Waals surface area contributed by atoms with Crippen LogP contribution in [0.2, 0.25) is 0 Å². The number of nitrogens with one attached hydrogen (secondary N) is 1. The highest BCUT2D eigenvalue weighted by molar-refractivity contribution is 9.10. The SMILES string of the molecule is CCC(C)NC(=O)C(CC)N(Cc1ccc(C)cc1)C(=O)CN(c1ccc(Br)cc1)S(C)(=O)=O. The summed E-state index contributed by atoms with van der Waals surface area (Å²) in [6.45, 7) is 7.50. The molecule has 186 valence electrons. The molecule has 1 N–H and O–H groups in total. The quantitative estimate of drug-likeness (QED) is 0.452. The van der Waals surface area contributed by atoms with Gasteiger partial charge in [0.2, 0.25) is 21.8 Å². The number of benzene rings is 2. The second-order valence-electron chi connectivity index (χ2n) is 8.50. The van der Waals surface area contributed by atoms with E-state index in [-0.39, 0.29) is 18.5 Å². The zero-order chi connectivity index (χ0) is 25.5. The van der Waals surface area contributed by atoms with Crippen molar-refractivity contribution in [2.24, 2.45) is 0 Å². The van der Waals surface area contributed by atoms with Gasteiger partial charge in [-0.15, -0.1) is 0 Å². The molecule has 0 aliphatic carbocycles. The molecule has 7 nitrogen and oxygen atoms in total. The van der Waals surface area contributed by atoms with Crippen molar-refractivity contribution in [1.29, 1.82) is 0 Å². The Balaban J connectivity index is 2.41. The lowest BCUT2D eigenvalue weighted by molar-refractivity contribution is -0.140. The van der Waals surface area contributed by atoms with Crippen LogP contribution in [0.3, 0.4) is 0 Å². The molecule has 2 rings (SSSR count). The van der Waals surface area contributed by atoms with Gasteiger partial charge in [0.25, 0.3) is 0 Å². The van der Waals surface area contributed by atoms with Crippen molar-refractivity contribution >= 4 is 43.5 Å². The predicted molar refractivity (Wildman–Crippen MR) is 140 cm³/mol. The lowest BCUT2D eigenvalue weighted by Crippen LogP contribution is -2.53. The summed E-state index contributed by atoms with van der Waals surface area (Å²) in [6.07, 6.45) is 2.23. The lowest BCUT2D eigenvalue weighted by atomic mass is 10.1. The molecule has 2 atom stereocenters. The van der Waals surface area contributed by atoms with E-state index in [2.05, 4.69) is 21.2 Å². The van der Waals surface area contributed by atoms with E-state index in [1.54, 1.807) is 24.3 Å². The minimum atomic E-state index is -3.74. The second-order valence-corrected chi connectivity index (χ2v) is 11.3. The van der Waals surface area contributed by atoms with Gasteiger partial charge < -0.3 is 10.2 Å². The first-order valence-electron chi connectivity index (χ1n) is 11.3. The molecule has 0 saturated carbocycles. The van der Waals surface area contributed by atoms with E-state index in [4.69, 9.17) is 0 Å². The first kappa shape index (κ1) is 27.9. The first-order valence-corrected chi connectivity index (χ1v) is 14.0. The molecule has 0 saturated heterocycles. The average Bonchev–Trinajstić information content (AvgIpc) is 2.78. The van der Waals surface area contributed by atoms with Crippen molar-refractivity contribution in [1.82, 2.24) is 10.2 Å². The normalized spacial score (nSPS) is 13.1. The maximum absolute atomic E-state index is 13.6. The molecule has 0 radical (unpaired) electrons. The van der Waals surface area contributed by atoms with Crippen molar-refractivity contribution in [2.45, 2.75) is 59.2 Å². The Kier molecular flexibility index (Phi) is 10.1. The van der Waals surface area contributed by atoms with Gasteiger partial charge in [-0.05, 0) is 56.5 Å². The smallest absolute Gasteiger partial charge is 0.244 e. The van der Waals surface area contributed by atoms with Crippen LogP contribution in [0, 0.1) is 6.92 Å². The summed E-state index contributed by atoms with van der Waals surface area (Å²) in [5, 5.41) is 2.96. The Labute approximate surface area is 211 Å². The van der Waals surface area contributed by atoms with Crippen LogP contribution in [0.1, 0.15) is 44.7 Å². The summed E-state index contributed by atoms with van der Waals surface area (Å²) in [5.74, 6) is -0.688. The van der Waals surface area contributed by atoms with Gasteiger partial charge in [-0.25, -0.2) is 8.42 Å². The molecule has 9 heteroatoms. The van der Waals surface area contributed by atoms with E-state index < -0.39 is 28.5 Å². The highest BCUT2D eigenvalue weighted by atomic mass is 79.9. The maximum atomic E-state index is 13.6. The summed E-state index contributed by atoms with van der Waals surface area (Å²) in [4.78, 5) is 28.2. The van der Waals surface area contributed by atoms with Gasteiger partial charge in [0.15, 0.2) is 0 Å². The zero-order valence-corrected chi connectivity index (χ0v) is 22.8. The molecule has 0 aromatic heterocycles. The third-order valence-electron chi connectivity index (χ3n) is 5.65. The lowest BCUT2D eigenvalue weighted by Gasteiger charge is -2.33. The topological polar surface area (TPSA) is 86.8 Å². The van der Waals surface area contributed by atoms with E-state index in [1.807, 2.05) is 52.0 Å². The molecule has 2 aromatic carbocycles. The molecule has 2 unspecified atom stereocenters. The number of hydrogen-bond acceptors (Lipinski definition) is 4. The van der Waals surface area contributed by atoms with Crippen molar-refractivity contribution in [2.75, 3.05) is 17.1 Å². The van der Waals surface area contributed by atoms with Crippen molar-refractivity contribution in [3.05, 3.63) is 64.1 Å².